The second-order valence-electron chi connectivity index (χ2n) is 32.1. The minimum Gasteiger partial charge on any atom is -0.462 e. The predicted molar refractivity (Wildman–Crippen MR) is 460 cm³/mol. The number of carbonyl (C=O) groups excluding carboxylic acids is 6. The Balaban J connectivity index is 2.99. The molecule has 0 aliphatic carbocycles. The first-order valence-corrected chi connectivity index (χ1v) is 49.2. The van der Waals surface area contributed by atoms with Crippen LogP contribution < -0.4 is 21.3 Å². The van der Waals surface area contributed by atoms with Crippen molar-refractivity contribution in [2.75, 3.05) is 65.9 Å². The van der Waals surface area contributed by atoms with Crippen LogP contribution in [0.15, 0.2) is 24.3 Å². The van der Waals surface area contributed by atoms with Crippen LogP contribution in [0.2, 0.25) is 0 Å². The average Bonchev–Trinajstić information content (AvgIpc) is 1.66. The number of ether oxygens (including phenoxy) is 6. The van der Waals surface area contributed by atoms with Gasteiger partial charge in [-0.05, 0) is 104 Å². The Morgan fingerprint density at radius 2 is 0.643 bits per heavy atom. The number of phosphoric acid groups is 2. The van der Waals surface area contributed by atoms with E-state index in [0.29, 0.717) is 64.2 Å². The van der Waals surface area contributed by atoms with Gasteiger partial charge in [0.2, 0.25) is 11.8 Å². The quantitative estimate of drug-likeness (QED) is 0.0143. The normalized spacial score (nSPS) is 16.3. The third kappa shape index (κ3) is 67.7. The van der Waals surface area contributed by atoms with Gasteiger partial charge in [-0.15, -0.1) is 0 Å². The fourth-order valence-corrected chi connectivity index (χ4v) is 15.2. The van der Waals surface area contributed by atoms with Gasteiger partial charge in [0.15, 0.2) is 18.0 Å². The van der Waals surface area contributed by atoms with Crippen LogP contribution in [-0.2, 0) is 84.4 Å². The summed E-state index contributed by atoms with van der Waals surface area (Å²) in [5.74, 6) is -4.02. The SMILES string of the molecule is CCCCCC/C=C\CCCC(=O)O[C@H](CCCCCCC)CCOC[C@H](COP(=O)(O)OCCNC(=O)[C@H]1OC(C)(C)O[C@H]1C(=O)NCCOP(=O)(O)OC[C@@H](COCC[C@@H](CCCCCCC)OC(=O)CCC/C=C\CCCCCC)NC(=O)CCCCCCCCCCCCC)NC(=O)CCCCCCCCCCCCC. The summed E-state index contributed by atoms with van der Waals surface area (Å²) < 4.78 is 83.9. The molecule has 6 N–H and O–H groups in total. The van der Waals surface area contributed by atoms with Crippen molar-refractivity contribution < 1.29 is 94.2 Å². The van der Waals surface area contributed by atoms with E-state index >= 15 is 0 Å². The Kier molecular flexibility index (Phi) is 71.6. The molecule has 674 valence electrons. The molecule has 24 nitrogen and oxygen atoms in total. The molecule has 1 aliphatic rings. The molecule has 8 atom stereocenters. The van der Waals surface area contributed by atoms with E-state index < -0.39 is 84.0 Å². The van der Waals surface area contributed by atoms with E-state index in [1.54, 1.807) is 0 Å². The predicted octanol–water partition coefficient (Wildman–Crippen LogP) is 21.1. The maximum absolute atomic E-state index is 13.6. The molecule has 26 heteroatoms. The standard InChI is InChI=1S/C89H168N4O20P2/c1-9-15-21-27-31-35-37-41-43-49-55-61-81(94)92-77(73-104-69-65-79(59-53-47-25-19-13-5)110-83(96)63-57-51-45-39-33-29-23-17-11-3)75-108-114(100,101)106-71-67-90-87(98)85-86(113-89(7,8)112-85)88(99)91-68-72-107-115(102,103)109-76-78(93-82(95)62-56-50-44-42-38-36-32-28-22-16-10-2)74-105-70-66-80(60-54-48-26-20-14-6)111-84(97)64-58-52-46-40-34-30-24-18-12-4/h39-40,45-46,77-80,85-86H,9-38,41-44,47-76H2,1-8H3,(H,90,98)(H,91,99)(H,92,94)(H,93,95)(H,100,101)(H,102,103)/b45-39-,46-40-/t77-,78-,79-,80-,85-,86+/m1/s1. The van der Waals surface area contributed by atoms with Crippen LogP contribution in [0.3, 0.4) is 0 Å². The van der Waals surface area contributed by atoms with E-state index in [9.17, 15) is 47.7 Å². The third-order valence-electron chi connectivity index (χ3n) is 20.5. The van der Waals surface area contributed by atoms with Gasteiger partial charge in [0, 0.05) is 51.6 Å². The lowest BCUT2D eigenvalue weighted by molar-refractivity contribution is -0.159. The first-order chi connectivity index (χ1) is 55.6. The van der Waals surface area contributed by atoms with Crippen LogP contribution in [0, 0.1) is 0 Å². The maximum Gasteiger partial charge on any atom is 0.472 e. The molecule has 1 fully saturated rings. The summed E-state index contributed by atoms with van der Waals surface area (Å²) in [4.78, 5) is 102. The summed E-state index contributed by atoms with van der Waals surface area (Å²) in [5.41, 5.74) is 0. The Labute approximate surface area is 697 Å². The number of allylic oxidation sites excluding steroid dienone is 4. The zero-order valence-electron chi connectivity index (χ0n) is 73.7. The van der Waals surface area contributed by atoms with Crippen LogP contribution in [0.5, 0.6) is 0 Å². The van der Waals surface area contributed by atoms with Crippen molar-refractivity contribution in [2.24, 2.45) is 0 Å². The number of nitrogens with one attached hydrogen (secondary N) is 4. The fraction of sp³-hybridized carbons (Fsp3) is 0.888. The first-order valence-electron chi connectivity index (χ1n) is 46.2. The van der Waals surface area contributed by atoms with Crippen LogP contribution in [-0.4, -0.2) is 154 Å². The molecule has 1 saturated heterocycles. The van der Waals surface area contributed by atoms with Crippen LogP contribution >= 0.6 is 15.6 Å². The highest BCUT2D eigenvalue weighted by atomic mass is 31.2. The van der Waals surface area contributed by atoms with E-state index in [0.717, 1.165) is 128 Å². The number of hydrogen-bond donors (Lipinski definition) is 6. The Bertz CT molecular complexity index is 2380. The van der Waals surface area contributed by atoms with E-state index in [2.05, 4.69) is 87.1 Å². The average molecular weight is 1680 g/mol. The monoisotopic (exact) mass is 1680 g/mol. The summed E-state index contributed by atoms with van der Waals surface area (Å²) in [7, 11) is -9.60. The van der Waals surface area contributed by atoms with Crippen molar-refractivity contribution in [3.8, 4) is 0 Å². The van der Waals surface area contributed by atoms with Crippen molar-refractivity contribution in [3.05, 3.63) is 24.3 Å². The second kappa shape index (κ2) is 75.3. The second-order valence-corrected chi connectivity index (χ2v) is 35.0. The minimum absolute atomic E-state index is 0.0681. The molecule has 2 unspecified atom stereocenters. The van der Waals surface area contributed by atoms with Gasteiger partial charge in [0.25, 0.3) is 11.8 Å². The highest BCUT2D eigenvalue weighted by molar-refractivity contribution is 7.47. The molecule has 1 rings (SSSR count). The minimum atomic E-state index is -4.80. The summed E-state index contributed by atoms with van der Waals surface area (Å²) in [6.45, 7) is 13.9. The number of unbranched alkanes of at least 4 members (excludes halogenated alkanes) is 38. The van der Waals surface area contributed by atoms with Gasteiger partial charge < -0.3 is 59.5 Å². The molecule has 115 heavy (non-hydrogen) atoms. The van der Waals surface area contributed by atoms with E-state index in [-0.39, 0.29) is 88.3 Å². The molecular formula is C89H168N4O20P2. The Morgan fingerprint density at radius 3 is 0.965 bits per heavy atom. The molecule has 0 spiro atoms. The number of carbonyl (C=O) groups is 6. The molecule has 1 heterocycles. The number of phosphoric ester groups is 2. The van der Waals surface area contributed by atoms with Crippen molar-refractivity contribution in [3.63, 3.8) is 0 Å². The van der Waals surface area contributed by atoms with Crippen molar-refractivity contribution in [2.45, 2.75) is 444 Å². The maximum atomic E-state index is 13.6. The Morgan fingerprint density at radius 1 is 0.357 bits per heavy atom. The number of amides is 4. The highest BCUT2D eigenvalue weighted by Crippen LogP contribution is 2.44. The highest BCUT2D eigenvalue weighted by Gasteiger charge is 2.49. The lowest BCUT2D eigenvalue weighted by Gasteiger charge is -2.22. The van der Waals surface area contributed by atoms with Crippen LogP contribution in [0.1, 0.15) is 402 Å². The summed E-state index contributed by atoms with van der Waals surface area (Å²) in [5, 5.41) is 10.9. The van der Waals surface area contributed by atoms with Gasteiger partial charge in [0.1, 0.15) is 12.2 Å². The largest absolute Gasteiger partial charge is 0.472 e. The van der Waals surface area contributed by atoms with Gasteiger partial charge in [-0.25, -0.2) is 9.13 Å². The zero-order chi connectivity index (χ0) is 84.4. The summed E-state index contributed by atoms with van der Waals surface area (Å²) in [6, 6.07) is -1.70. The van der Waals surface area contributed by atoms with Crippen LogP contribution in [0.25, 0.3) is 0 Å². The molecule has 0 aromatic heterocycles. The summed E-state index contributed by atoms with van der Waals surface area (Å²) in [6.07, 6.45) is 58.6. The van der Waals surface area contributed by atoms with Crippen molar-refractivity contribution >= 4 is 51.2 Å². The molecule has 0 aromatic rings. The lowest BCUT2D eigenvalue weighted by Crippen LogP contribution is -2.48. The number of hydrogen-bond acceptors (Lipinski definition) is 18. The molecule has 4 amide bonds. The van der Waals surface area contributed by atoms with Crippen LogP contribution in [0.4, 0.5) is 0 Å². The molecule has 0 aromatic carbocycles. The van der Waals surface area contributed by atoms with Gasteiger partial charge in [-0.3, -0.25) is 46.9 Å². The van der Waals surface area contributed by atoms with E-state index in [4.69, 9.17) is 46.5 Å². The van der Waals surface area contributed by atoms with Gasteiger partial charge in [0.05, 0.1) is 64.9 Å². The van der Waals surface area contributed by atoms with Gasteiger partial charge in [-0.2, -0.15) is 0 Å². The third-order valence-corrected chi connectivity index (χ3v) is 22.5. The molecule has 1 aliphatic heterocycles. The molecular weight excluding hydrogens is 1510 g/mol. The zero-order valence-corrected chi connectivity index (χ0v) is 75.5. The topological polar surface area (TPSA) is 317 Å². The van der Waals surface area contributed by atoms with Crippen molar-refractivity contribution in [1.29, 1.82) is 0 Å². The molecule has 0 radical (unpaired) electrons. The van der Waals surface area contributed by atoms with Gasteiger partial charge >= 0.3 is 27.6 Å². The first kappa shape index (κ1) is 109. The van der Waals surface area contributed by atoms with Gasteiger partial charge in [-0.1, -0.05) is 284 Å². The smallest absolute Gasteiger partial charge is 0.462 e. The van der Waals surface area contributed by atoms with Crippen molar-refractivity contribution in [1.82, 2.24) is 21.3 Å². The number of esters is 2. The Hall–Kier alpha value is -3.64. The molecule has 0 saturated carbocycles. The summed E-state index contributed by atoms with van der Waals surface area (Å²) >= 11 is 0. The number of rotatable bonds is 84. The van der Waals surface area contributed by atoms with E-state index in [1.807, 2.05) is 0 Å². The molecule has 0 bridgehead atoms. The van der Waals surface area contributed by atoms with E-state index in [1.165, 1.54) is 155 Å². The lowest BCUT2D eigenvalue weighted by atomic mass is 10.1. The fourth-order valence-electron chi connectivity index (χ4n) is 13.6.